The van der Waals surface area contributed by atoms with Gasteiger partial charge in [-0.3, -0.25) is 0 Å². The lowest BCUT2D eigenvalue weighted by Crippen LogP contribution is -3.00. The number of likely N-dealkylation sites (tertiary alicyclic amines) is 1. The molecule has 140 valence electrons. The van der Waals surface area contributed by atoms with E-state index in [1.165, 1.54) is 127 Å². The predicted molar refractivity (Wildman–Crippen MR) is 100 cm³/mol. The molecule has 0 atom stereocenters. The molecule has 23 heavy (non-hydrogen) atoms. The number of quaternary nitrogens is 1. The number of hydrogen-bond donors (Lipinski definition) is 0. The Kier molecular flexibility index (Phi) is 15.3. The average molecular weight is 330 g/mol. The van der Waals surface area contributed by atoms with Crippen molar-refractivity contribution < 1.29 is 9.19 Å². The summed E-state index contributed by atoms with van der Waals surface area (Å²) in [6.07, 6.45) is 22.0. The van der Waals surface area contributed by atoms with Gasteiger partial charge < -0.3 is 9.19 Å². The highest BCUT2D eigenvalue weighted by atomic mass is 19.0. The van der Waals surface area contributed by atoms with Gasteiger partial charge in [-0.2, -0.15) is 0 Å². The number of rotatable bonds is 14. The van der Waals surface area contributed by atoms with Crippen molar-refractivity contribution in [2.45, 2.75) is 110 Å². The second-order valence-electron chi connectivity index (χ2n) is 7.83. The molecule has 0 unspecified atom stereocenters. The van der Waals surface area contributed by atoms with E-state index in [0.29, 0.717) is 0 Å². The number of nitrogens with zero attached hydrogens (tertiary/aromatic N) is 1. The first kappa shape index (κ1) is 22.9. The van der Waals surface area contributed by atoms with Gasteiger partial charge in [0.25, 0.3) is 0 Å². The lowest BCUT2D eigenvalue weighted by molar-refractivity contribution is -0.932. The van der Waals surface area contributed by atoms with Gasteiger partial charge in [-0.05, 0) is 38.5 Å². The van der Waals surface area contributed by atoms with E-state index in [1.54, 1.807) is 0 Å². The van der Waals surface area contributed by atoms with Gasteiger partial charge in [-0.25, -0.2) is 0 Å². The van der Waals surface area contributed by atoms with Crippen LogP contribution in [0.2, 0.25) is 0 Å². The SMILES string of the molecule is CCCCCCCCCCCC[N+]1(CCCC)CCCCC1.[F-]. The van der Waals surface area contributed by atoms with E-state index in [4.69, 9.17) is 0 Å². The maximum Gasteiger partial charge on any atom is 0.0786 e. The summed E-state index contributed by atoms with van der Waals surface area (Å²) < 4.78 is 1.48. The largest absolute Gasteiger partial charge is 1.00 e. The summed E-state index contributed by atoms with van der Waals surface area (Å²) in [5.41, 5.74) is 0. The highest BCUT2D eigenvalue weighted by Gasteiger charge is 2.28. The fraction of sp³-hybridized carbons (Fsp3) is 1.00. The molecule has 0 aliphatic carbocycles. The molecule has 1 aliphatic heterocycles. The molecule has 0 aromatic heterocycles. The van der Waals surface area contributed by atoms with Crippen molar-refractivity contribution >= 4 is 0 Å². The van der Waals surface area contributed by atoms with Gasteiger partial charge in [0.2, 0.25) is 0 Å². The van der Waals surface area contributed by atoms with E-state index in [-0.39, 0.29) is 4.70 Å². The standard InChI is InChI=1S/C21H44N.FH/c1-3-5-7-8-9-10-11-12-13-15-19-22(18-6-4-2)20-16-14-17-21-22;/h3-21H2,1-2H3;1H/q+1;/p-1. The monoisotopic (exact) mass is 329 g/mol. The van der Waals surface area contributed by atoms with Crippen LogP contribution >= 0.6 is 0 Å². The third kappa shape index (κ3) is 11.1. The number of piperidine rings is 1. The Morgan fingerprint density at radius 1 is 0.522 bits per heavy atom. The molecule has 1 rings (SSSR count). The Balaban J connectivity index is 0.00000484. The van der Waals surface area contributed by atoms with Crippen LogP contribution in [0.25, 0.3) is 0 Å². The maximum absolute atomic E-state index is 2.35. The first-order valence-corrected chi connectivity index (χ1v) is 10.7. The normalized spacial score (nSPS) is 17.0. The van der Waals surface area contributed by atoms with Crippen LogP contribution in [0.15, 0.2) is 0 Å². The smallest absolute Gasteiger partial charge is 0.0786 e. The third-order valence-electron chi connectivity index (χ3n) is 5.74. The van der Waals surface area contributed by atoms with Crippen molar-refractivity contribution in [3.63, 3.8) is 0 Å². The molecule has 0 saturated carbocycles. The molecule has 1 nitrogen and oxygen atoms in total. The molecule has 0 amide bonds. The summed E-state index contributed by atoms with van der Waals surface area (Å²) in [6.45, 7) is 10.6. The number of halogens is 1. The quantitative estimate of drug-likeness (QED) is 0.337. The highest BCUT2D eigenvalue weighted by molar-refractivity contribution is 4.56. The molecule has 2 heteroatoms. The first-order valence-electron chi connectivity index (χ1n) is 10.7. The zero-order valence-corrected chi connectivity index (χ0v) is 16.3. The van der Waals surface area contributed by atoms with E-state index in [9.17, 15) is 0 Å². The average Bonchev–Trinajstić information content (AvgIpc) is 2.56. The summed E-state index contributed by atoms with van der Waals surface area (Å²) in [5.74, 6) is 0. The van der Waals surface area contributed by atoms with Crippen LogP contribution in [-0.4, -0.2) is 30.7 Å². The van der Waals surface area contributed by atoms with Gasteiger partial charge >= 0.3 is 0 Å². The molecular weight excluding hydrogens is 285 g/mol. The molecule has 0 aromatic rings. The third-order valence-corrected chi connectivity index (χ3v) is 5.74. The van der Waals surface area contributed by atoms with Crippen LogP contribution < -0.4 is 4.70 Å². The Morgan fingerprint density at radius 2 is 0.957 bits per heavy atom. The summed E-state index contributed by atoms with van der Waals surface area (Å²) in [5, 5.41) is 0. The van der Waals surface area contributed by atoms with Gasteiger partial charge in [0.1, 0.15) is 0 Å². The van der Waals surface area contributed by atoms with Gasteiger partial charge in [-0.15, -0.1) is 0 Å². The van der Waals surface area contributed by atoms with Crippen molar-refractivity contribution in [1.29, 1.82) is 0 Å². The second kappa shape index (κ2) is 15.4. The Hall–Kier alpha value is -0.110. The van der Waals surface area contributed by atoms with Gasteiger partial charge in [0, 0.05) is 0 Å². The molecule has 1 fully saturated rings. The van der Waals surface area contributed by atoms with Crippen LogP contribution in [0, 0.1) is 0 Å². The Bertz CT molecular complexity index is 236. The maximum atomic E-state index is 2.35. The summed E-state index contributed by atoms with van der Waals surface area (Å²) in [6, 6.07) is 0. The Labute approximate surface area is 146 Å². The van der Waals surface area contributed by atoms with Crippen LogP contribution in [0.5, 0.6) is 0 Å². The molecule has 1 aliphatic rings. The molecule has 0 bridgehead atoms. The minimum atomic E-state index is 0. The molecular formula is C21H44FN. The molecule has 1 saturated heterocycles. The Morgan fingerprint density at radius 3 is 1.48 bits per heavy atom. The highest BCUT2D eigenvalue weighted by Crippen LogP contribution is 2.22. The van der Waals surface area contributed by atoms with E-state index >= 15 is 0 Å². The minimum absolute atomic E-state index is 0. The number of unbranched alkanes of at least 4 members (excludes halogenated alkanes) is 10. The summed E-state index contributed by atoms with van der Waals surface area (Å²) in [7, 11) is 0. The van der Waals surface area contributed by atoms with E-state index in [2.05, 4.69) is 13.8 Å². The van der Waals surface area contributed by atoms with Gasteiger partial charge in [-0.1, -0.05) is 71.6 Å². The zero-order chi connectivity index (χ0) is 15.9. The van der Waals surface area contributed by atoms with Crippen molar-refractivity contribution in [3.05, 3.63) is 0 Å². The van der Waals surface area contributed by atoms with Crippen LogP contribution in [0.3, 0.4) is 0 Å². The lowest BCUT2D eigenvalue weighted by Gasteiger charge is -2.42. The van der Waals surface area contributed by atoms with Crippen LogP contribution in [-0.2, 0) is 0 Å². The molecule has 0 aromatic carbocycles. The van der Waals surface area contributed by atoms with Crippen LogP contribution in [0.4, 0.5) is 0 Å². The lowest BCUT2D eigenvalue weighted by atomic mass is 10.0. The fourth-order valence-electron chi connectivity index (χ4n) is 4.17. The topological polar surface area (TPSA) is 0 Å². The minimum Gasteiger partial charge on any atom is -1.00 e. The zero-order valence-electron chi connectivity index (χ0n) is 16.3. The second-order valence-corrected chi connectivity index (χ2v) is 7.83. The van der Waals surface area contributed by atoms with E-state index in [1.807, 2.05) is 0 Å². The van der Waals surface area contributed by atoms with Crippen molar-refractivity contribution in [1.82, 2.24) is 0 Å². The van der Waals surface area contributed by atoms with Crippen molar-refractivity contribution in [2.75, 3.05) is 26.2 Å². The first-order chi connectivity index (χ1) is 10.8. The molecule has 1 heterocycles. The predicted octanol–water partition coefficient (Wildman–Crippen LogP) is 3.71. The van der Waals surface area contributed by atoms with Gasteiger partial charge in [0.15, 0.2) is 0 Å². The molecule has 0 radical (unpaired) electrons. The summed E-state index contributed by atoms with van der Waals surface area (Å²) >= 11 is 0. The summed E-state index contributed by atoms with van der Waals surface area (Å²) in [4.78, 5) is 0. The van der Waals surface area contributed by atoms with Gasteiger partial charge in [0.05, 0.1) is 26.2 Å². The van der Waals surface area contributed by atoms with E-state index in [0.717, 1.165) is 0 Å². The molecule has 0 N–H and O–H groups in total. The van der Waals surface area contributed by atoms with Crippen LogP contribution in [0.1, 0.15) is 110 Å². The van der Waals surface area contributed by atoms with Crippen molar-refractivity contribution in [3.8, 4) is 0 Å². The number of hydrogen-bond acceptors (Lipinski definition) is 0. The van der Waals surface area contributed by atoms with E-state index < -0.39 is 0 Å². The molecule has 0 spiro atoms. The fourth-order valence-corrected chi connectivity index (χ4v) is 4.17. The van der Waals surface area contributed by atoms with Crippen molar-refractivity contribution in [2.24, 2.45) is 0 Å².